The molecular weight excluding hydrogens is 364 g/mol. The van der Waals surface area contributed by atoms with Crippen molar-refractivity contribution in [1.29, 1.82) is 0 Å². The number of rotatable bonds is 4. The normalized spacial score (nSPS) is 11.2. The third kappa shape index (κ3) is 3.21. The quantitative estimate of drug-likeness (QED) is 0.407. The van der Waals surface area contributed by atoms with Crippen molar-refractivity contribution >= 4 is 23.7 Å². The van der Waals surface area contributed by atoms with Gasteiger partial charge in [-0.1, -0.05) is 42.5 Å². The van der Waals surface area contributed by atoms with E-state index in [1.54, 1.807) is 0 Å². The van der Waals surface area contributed by atoms with Crippen LogP contribution in [0.1, 0.15) is 5.56 Å². The molecule has 0 unspecified atom stereocenters. The van der Waals surface area contributed by atoms with Gasteiger partial charge in [0.15, 0.2) is 0 Å². The number of pyridine rings is 1. The van der Waals surface area contributed by atoms with Gasteiger partial charge in [0, 0.05) is 45.6 Å². The van der Waals surface area contributed by atoms with Gasteiger partial charge < -0.3 is 4.98 Å². The van der Waals surface area contributed by atoms with Crippen LogP contribution in [-0.4, -0.2) is 19.7 Å². The Morgan fingerprint density at radius 2 is 1.71 bits per heavy atom. The number of nitrogens with zero attached hydrogens (tertiary/aromatic N) is 3. The Labute approximate surface area is 168 Å². The van der Waals surface area contributed by atoms with E-state index in [-0.39, 0.29) is 0 Å². The third-order valence-electron chi connectivity index (χ3n) is 4.86. The fourth-order valence-electron chi connectivity index (χ4n) is 3.41. The molecular formula is C23H18N4S. The molecule has 0 spiro atoms. The Morgan fingerprint density at radius 3 is 2.54 bits per heavy atom. The summed E-state index contributed by atoms with van der Waals surface area (Å²) in [6.45, 7) is 0.753. The number of hydrogen-bond donors (Lipinski definition) is 2. The van der Waals surface area contributed by atoms with Crippen LogP contribution in [0, 0.1) is 0 Å². The van der Waals surface area contributed by atoms with E-state index in [2.05, 4.69) is 64.2 Å². The van der Waals surface area contributed by atoms with E-state index in [1.807, 2.05) is 53.6 Å². The maximum atomic E-state index is 4.60. The lowest BCUT2D eigenvalue weighted by atomic mass is 10.0. The van der Waals surface area contributed by atoms with Crippen LogP contribution in [0.25, 0.3) is 33.3 Å². The fraction of sp³-hybridized carbons (Fsp3) is 0.0435. The monoisotopic (exact) mass is 382 g/mol. The molecule has 0 radical (unpaired) electrons. The van der Waals surface area contributed by atoms with Crippen molar-refractivity contribution < 1.29 is 0 Å². The molecule has 0 saturated carbocycles. The van der Waals surface area contributed by atoms with E-state index in [4.69, 9.17) is 0 Å². The summed E-state index contributed by atoms with van der Waals surface area (Å²) in [5.41, 5.74) is 6.49. The smallest absolute Gasteiger partial charge is 0.137 e. The largest absolute Gasteiger partial charge is 0.346 e. The first kappa shape index (κ1) is 16.8. The van der Waals surface area contributed by atoms with Crippen LogP contribution in [-0.2, 0) is 6.54 Å². The number of benzene rings is 2. The first-order chi connectivity index (χ1) is 13.8. The molecule has 0 aliphatic heterocycles. The molecule has 0 atom stereocenters. The number of thiol groups is 1. The average molecular weight is 382 g/mol. The highest BCUT2D eigenvalue weighted by molar-refractivity contribution is 7.80. The van der Waals surface area contributed by atoms with Crippen molar-refractivity contribution in [2.45, 2.75) is 11.4 Å². The van der Waals surface area contributed by atoms with Crippen molar-refractivity contribution in [3.8, 4) is 22.3 Å². The van der Waals surface area contributed by atoms with Gasteiger partial charge in [0.2, 0.25) is 0 Å². The van der Waals surface area contributed by atoms with Gasteiger partial charge in [-0.05, 0) is 29.3 Å². The van der Waals surface area contributed by atoms with Crippen LogP contribution in [0.3, 0.4) is 0 Å². The van der Waals surface area contributed by atoms with Crippen LogP contribution >= 0.6 is 12.6 Å². The lowest BCUT2D eigenvalue weighted by molar-refractivity contribution is 0.687. The summed E-state index contributed by atoms with van der Waals surface area (Å²) in [4.78, 5) is 8.82. The van der Waals surface area contributed by atoms with Crippen molar-refractivity contribution in [3.05, 3.63) is 91.0 Å². The van der Waals surface area contributed by atoms with E-state index < -0.39 is 0 Å². The van der Waals surface area contributed by atoms with Gasteiger partial charge in [0.1, 0.15) is 5.65 Å². The molecule has 5 heteroatoms. The molecule has 136 valence electrons. The Balaban J connectivity index is 1.51. The molecule has 0 aliphatic rings. The summed E-state index contributed by atoms with van der Waals surface area (Å²) in [6, 6.07) is 20.6. The zero-order valence-electron chi connectivity index (χ0n) is 15.1. The van der Waals surface area contributed by atoms with Gasteiger partial charge in [-0.3, -0.25) is 4.68 Å². The van der Waals surface area contributed by atoms with Crippen molar-refractivity contribution in [2.75, 3.05) is 0 Å². The molecule has 0 amide bonds. The van der Waals surface area contributed by atoms with Gasteiger partial charge in [-0.2, -0.15) is 5.10 Å². The second-order valence-electron chi connectivity index (χ2n) is 6.78. The molecule has 5 aromatic rings. The topological polar surface area (TPSA) is 46.5 Å². The summed E-state index contributed by atoms with van der Waals surface area (Å²) in [6.07, 6.45) is 7.89. The molecule has 0 saturated heterocycles. The maximum absolute atomic E-state index is 4.60. The zero-order valence-corrected chi connectivity index (χ0v) is 16.0. The number of H-pyrrole nitrogens is 1. The summed E-state index contributed by atoms with van der Waals surface area (Å²) in [5, 5.41) is 5.63. The van der Waals surface area contributed by atoms with Crippen molar-refractivity contribution in [2.24, 2.45) is 0 Å². The number of aromatic nitrogens is 4. The zero-order chi connectivity index (χ0) is 18.9. The average Bonchev–Trinajstić information content (AvgIpc) is 3.35. The SMILES string of the molecule is Sc1ccc(-c2cnc3[nH]cc(-c4cnn(Cc5ccccc5)c4)c3c2)cc1. The highest BCUT2D eigenvalue weighted by atomic mass is 32.1. The van der Waals surface area contributed by atoms with Gasteiger partial charge in [-0.15, -0.1) is 12.6 Å². The Bertz CT molecular complexity index is 1240. The number of fused-ring (bicyclic) bond motifs is 1. The highest BCUT2D eigenvalue weighted by Crippen LogP contribution is 2.31. The summed E-state index contributed by atoms with van der Waals surface area (Å²) < 4.78 is 1.96. The minimum Gasteiger partial charge on any atom is -0.346 e. The molecule has 3 aromatic heterocycles. The van der Waals surface area contributed by atoms with Crippen molar-refractivity contribution in [3.63, 3.8) is 0 Å². The maximum Gasteiger partial charge on any atom is 0.137 e. The van der Waals surface area contributed by atoms with Crippen LogP contribution < -0.4 is 0 Å². The van der Waals surface area contributed by atoms with E-state index in [0.29, 0.717) is 0 Å². The third-order valence-corrected chi connectivity index (χ3v) is 5.16. The summed E-state index contributed by atoms with van der Waals surface area (Å²) in [5.74, 6) is 0. The van der Waals surface area contributed by atoms with Crippen LogP contribution in [0.15, 0.2) is 90.3 Å². The molecule has 28 heavy (non-hydrogen) atoms. The van der Waals surface area contributed by atoms with Gasteiger partial charge >= 0.3 is 0 Å². The lowest BCUT2D eigenvalue weighted by Crippen LogP contribution is -1.99. The fourth-order valence-corrected chi connectivity index (χ4v) is 3.56. The van der Waals surface area contributed by atoms with Gasteiger partial charge in [0.25, 0.3) is 0 Å². The van der Waals surface area contributed by atoms with Crippen LogP contribution in [0.5, 0.6) is 0 Å². The molecule has 0 fully saturated rings. The first-order valence-electron chi connectivity index (χ1n) is 9.09. The Morgan fingerprint density at radius 1 is 0.893 bits per heavy atom. The summed E-state index contributed by atoms with van der Waals surface area (Å²) >= 11 is 4.37. The van der Waals surface area contributed by atoms with E-state index in [0.717, 1.165) is 44.7 Å². The van der Waals surface area contributed by atoms with Crippen molar-refractivity contribution in [1.82, 2.24) is 19.7 Å². The predicted molar refractivity (Wildman–Crippen MR) is 116 cm³/mol. The van der Waals surface area contributed by atoms with Gasteiger partial charge in [0.05, 0.1) is 12.7 Å². The molecule has 5 rings (SSSR count). The molecule has 3 heterocycles. The van der Waals surface area contributed by atoms with Gasteiger partial charge in [-0.25, -0.2) is 4.98 Å². The number of nitrogens with one attached hydrogen (secondary N) is 1. The first-order valence-corrected chi connectivity index (χ1v) is 9.54. The van der Waals surface area contributed by atoms with Crippen LogP contribution in [0.4, 0.5) is 0 Å². The molecule has 0 bridgehead atoms. The molecule has 1 N–H and O–H groups in total. The second kappa shape index (κ2) is 7.02. The molecule has 0 aliphatic carbocycles. The predicted octanol–water partition coefficient (Wildman–Crippen LogP) is 5.43. The number of aromatic amines is 1. The standard InChI is InChI=1S/C23H18N4S/c28-20-8-6-17(7-9-20)18-10-21-22(13-25-23(21)24-11-18)19-12-26-27(15-19)14-16-4-2-1-3-5-16/h1-13,15,28H,14H2,(H,24,25). The van der Waals surface area contributed by atoms with E-state index >= 15 is 0 Å². The highest BCUT2D eigenvalue weighted by Gasteiger charge is 2.11. The minimum atomic E-state index is 0.753. The Hall–Kier alpha value is -3.31. The van der Waals surface area contributed by atoms with E-state index in [9.17, 15) is 0 Å². The Kier molecular flexibility index (Phi) is 4.22. The second-order valence-corrected chi connectivity index (χ2v) is 7.30. The lowest BCUT2D eigenvalue weighted by Gasteiger charge is -2.03. The summed E-state index contributed by atoms with van der Waals surface area (Å²) in [7, 11) is 0. The number of hydrogen-bond acceptors (Lipinski definition) is 3. The van der Waals surface area contributed by atoms with Crippen LogP contribution in [0.2, 0.25) is 0 Å². The molecule has 2 aromatic carbocycles. The molecule has 4 nitrogen and oxygen atoms in total. The minimum absolute atomic E-state index is 0.753. The van der Waals surface area contributed by atoms with E-state index in [1.165, 1.54) is 5.56 Å².